The molecule has 0 aliphatic heterocycles. The standard InChI is InChI=1S/C40H75NO8/c1-6-8-10-12-14-15-16-17-18-19-20-21-22-23-24-25-27-29-31-38(43)49-36(34-47-37(42)30-28-26-13-11-9-7-2)35-48-40(39(44)45)46-33-32-41(3,4)5/h18-19,36,40H,6-17,20-35H2,1-5H3/p+1/b19-18-. The highest BCUT2D eigenvalue weighted by Crippen LogP contribution is 2.13. The van der Waals surface area contributed by atoms with Crippen molar-refractivity contribution in [3.63, 3.8) is 0 Å². The third-order valence-corrected chi connectivity index (χ3v) is 8.52. The molecule has 0 spiro atoms. The SMILES string of the molecule is CCCCCCCCC/C=C\CCCCCCCCCC(=O)OC(COC(=O)CCCCCCCC)COC(OCC[N+](C)(C)C)C(=O)O. The molecule has 0 saturated carbocycles. The number of aliphatic carboxylic acids is 1. The van der Waals surface area contributed by atoms with E-state index in [-0.39, 0.29) is 32.2 Å². The minimum atomic E-state index is -1.50. The number of hydrogen-bond donors (Lipinski definition) is 1. The van der Waals surface area contributed by atoms with Crippen molar-refractivity contribution >= 4 is 17.9 Å². The average molecular weight is 699 g/mol. The second-order valence-electron chi connectivity index (χ2n) is 14.6. The first kappa shape index (κ1) is 47.0. The third kappa shape index (κ3) is 34.3. The van der Waals surface area contributed by atoms with Crippen LogP contribution < -0.4 is 0 Å². The molecule has 0 fully saturated rings. The van der Waals surface area contributed by atoms with Crippen LogP contribution in [0.25, 0.3) is 0 Å². The van der Waals surface area contributed by atoms with E-state index in [1.807, 2.05) is 21.1 Å². The molecule has 0 aromatic carbocycles. The summed E-state index contributed by atoms with van der Waals surface area (Å²) in [6, 6.07) is 0. The summed E-state index contributed by atoms with van der Waals surface area (Å²) in [6.07, 6.45) is 28.7. The van der Waals surface area contributed by atoms with Gasteiger partial charge in [0.2, 0.25) is 0 Å². The smallest absolute Gasteiger partial charge is 0.361 e. The van der Waals surface area contributed by atoms with E-state index in [2.05, 4.69) is 26.0 Å². The number of carbonyl (C=O) groups excluding carboxylic acids is 2. The first-order valence-corrected chi connectivity index (χ1v) is 19.9. The lowest BCUT2D eigenvalue weighted by Crippen LogP contribution is -2.40. The molecule has 0 bridgehead atoms. The van der Waals surface area contributed by atoms with Gasteiger partial charge in [-0.2, -0.15) is 0 Å². The Kier molecular flexibility index (Phi) is 31.9. The molecule has 0 radical (unpaired) electrons. The van der Waals surface area contributed by atoms with Crippen molar-refractivity contribution in [2.45, 2.75) is 180 Å². The number of nitrogens with zero attached hydrogens (tertiary/aromatic N) is 1. The Morgan fingerprint density at radius 3 is 1.51 bits per heavy atom. The van der Waals surface area contributed by atoms with Gasteiger partial charge in [0, 0.05) is 12.8 Å². The number of carbonyl (C=O) groups is 3. The zero-order chi connectivity index (χ0) is 36.4. The van der Waals surface area contributed by atoms with Crippen LogP contribution in [0, 0.1) is 0 Å². The van der Waals surface area contributed by atoms with E-state index in [4.69, 9.17) is 18.9 Å². The Hall–Kier alpha value is -1.97. The highest BCUT2D eigenvalue weighted by molar-refractivity contribution is 5.71. The fourth-order valence-corrected chi connectivity index (χ4v) is 5.36. The number of allylic oxidation sites excluding steroid dienone is 2. The molecule has 0 aromatic rings. The van der Waals surface area contributed by atoms with E-state index in [1.165, 1.54) is 89.9 Å². The lowest BCUT2D eigenvalue weighted by molar-refractivity contribution is -0.870. The monoisotopic (exact) mass is 699 g/mol. The quantitative estimate of drug-likeness (QED) is 0.0227. The van der Waals surface area contributed by atoms with Crippen LogP contribution in [0.3, 0.4) is 0 Å². The largest absolute Gasteiger partial charge is 0.477 e. The van der Waals surface area contributed by atoms with E-state index >= 15 is 0 Å². The molecule has 1 N–H and O–H groups in total. The Balaban J connectivity index is 4.37. The van der Waals surface area contributed by atoms with Crippen molar-refractivity contribution in [1.29, 1.82) is 0 Å². The van der Waals surface area contributed by atoms with Crippen LogP contribution in [-0.4, -0.2) is 87.4 Å². The van der Waals surface area contributed by atoms with Crippen LogP contribution in [0.15, 0.2) is 12.2 Å². The van der Waals surface area contributed by atoms with Crippen molar-refractivity contribution in [1.82, 2.24) is 0 Å². The summed E-state index contributed by atoms with van der Waals surface area (Å²) in [5, 5.41) is 9.56. The normalized spacial score (nSPS) is 13.1. The first-order valence-electron chi connectivity index (χ1n) is 19.9. The average Bonchev–Trinajstić information content (AvgIpc) is 3.05. The summed E-state index contributed by atoms with van der Waals surface area (Å²) in [6.45, 7) is 4.79. The maximum Gasteiger partial charge on any atom is 0.361 e. The second kappa shape index (κ2) is 33.2. The summed E-state index contributed by atoms with van der Waals surface area (Å²) in [5.74, 6) is -2.02. The number of carboxylic acids is 1. The Bertz CT molecular complexity index is 826. The van der Waals surface area contributed by atoms with Gasteiger partial charge in [0.05, 0.1) is 34.4 Å². The van der Waals surface area contributed by atoms with Crippen molar-refractivity contribution < 1.29 is 42.9 Å². The molecule has 49 heavy (non-hydrogen) atoms. The van der Waals surface area contributed by atoms with Crippen LogP contribution in [-0.2, 0) is 33.3 Å². The minimum absolute atomic E-state index is 0.181. The molecule has 2 atom stereocenters. The third-order valence-electron chi connectivity index (χ3n) is 8.52. The minimum Gasteiger partial charge on any atom is -0.477 e. The maximum absolute atomic E-state index is 12.7. The van der Waals surface area contributed by atoms with Crippen LogP contribution >= 0.6 is 0 Å². The Labute approximate surface area is 300 Å². The van der Waals surface area contributed by atoms with E-state index in [0.29, 0.717) is 17.4 Å². The maximum atomic E-state index is 12.7. The van der Waals surface area contributed by atoms with Gasteiger partial charge < -0.3 is 28.5 Å². The van der Waals surface area contributed by atoms with Crippen molar-refractivity contribution in [2.75, 3.05) is 47.5 Å². The molecule has 0 amide bonds. The van der Waals surface area contributed by atoms with Crippen LogP contribution in [0.5, 0.6) is 0 Å². The lowest BCUT2D eigenvalue weighted by Gasteiger charge is -2.25. The zero-order valence-corrected chi connectivity index (χ0v) is 32.4. The topological polar surface area (TPSA) is 108 Å². The predicted octanol–water partition coefficient (Wildman–Crippen LogP) is 9.55. The fraction of sp³-hybridized carbons (Fsp3) is 0.875. The molecule has 288 valence electrons. The van der Waals surface area contributed by atoms with Crippen LogP contribution in [0.2, 0.25) is 0 Å². The van der Waals surface area contributed by atoms with Crippen molar-refractivity contribution in [2.24, 2.45) is 0 Å². The van der Waals surface area contributed by atoms with Crippen molar-refractivity contribution in [3.05, 3.63) is 12.2 Å². The van der Waals surface area contributed by atoms with E-state index in [1.54, 1.807) is 0 Å². The van der Waals surface area contributed by atoms with Gasteiger partial charge >= 0.3 is 17.9 Å². The van der Waals surface area contributed by atoms with Gasteiger partial charge in [-0.15, -0.1) is 0 Å². The fourth-order valence-electron chi connectivity index (χ4n) is 5.36. The van der Waals surface area contributed by atoms with Gasteiger partial charge in [-0.3, -0.25) is 9.59 Å². The molecule has 0 saturated heterocycles. The Morgan fingerprint density at radius 2 is 1.04 bits per heavy atom. The first-order chi connectivity index (χ1) is 23.6. The van der Waals surface area contributed by atoms with Gasteiger partial charge in [-0.05, 0) is 38.5 Å². The van der Waals surface area contributed by atoms with Gasteiger partial charge in [0.25, 0.3) is 6.29 Å². The number of unbranched alkanes of at least 4 members (excludes halogenated alkanes) is 19. The van der Waals surface area contributed by atoms with Crippen LogP contribution in [0.1, 0.15) is 168 Å². The number of hydrogen-bond acceptors (Lipinski definition) is 7. The molecular weight excluding hydrogens is 622 g/mol. The number of quaternary nitrogens is 1. The number of rotatable bonds is 36. The molecule has 0 rings (SSSR count). The molecule has 0 aliphatic carbocycles. The molecule has 0 aromatic heterocycles. The van der Waals surface area contributed by atoms with E-state index in [0.717, 1.165) is 51.4 Å². The highest BCUT2D eigenvalue weighted by atomic mass is 16.7. The zero-order valence-electron chi connectivity index (χ0n) is 32.4. The summed E-state index contributed by atoms with van der Waals surface area (Å²) < 4.78 is 22.5. The van der Waals surface area contributed by atoms with Gasteiger partial charge in [-0.1, -0.05) is 129 Å². The summed E-state index contributed by atoms with van der Waals surface area (Å²) >= 11 is 0. The van der Waals surface area contributed by atoms with Gasteiger partial charge in [-0.25, -0.2) is 4.79 Å². The summed E-state index contributed by atoms with van der Waals surface area (Å²) in [5.41, 5.74) is 0. The summed E-state index contributed by atoms with van der Waals surface area (Å²) in [4.78, 5) is 36.7. The number of esters is 2. The lowest BCUT2D eigenvalue weighted by atomic mass is 10.1. The molecule has 9 heteroatoms. The number of likely N-dealkylation sites (N-methyl/N-ethyl adjacent to an activating group) is 1. The second-order valence-corrected chi connectivity index (χ2v) is 14.6. The van der Waals surface area contributed by atoms with Crippen LogP contribution in [0.4, 0.5) is 0 Å². The van der Waals surface area contributed by atoms with Gasteiger partial charge in [0.1, 0.15) is 13.2 Å². The number of carboxylic acid groups (broad SMARTS) is 1. The Morgan fingerprint density at radius 1 is 0.592 bits per heavy atom. The van der Waals surface area contributed by atoms with E-state index < -0.39 is 24.3 Å². The van der Waals surface area contributed by atoms with E-state index in [9.17, 15) is 19.5 Å². The molecular formula is C40H76NO8+. The van der Waals surface area contributed by atoms with Gasteiger partial charge in [0.15, 0.2) is 6.10 Å². The molecule has 2 unspecified atom stereocenters. The number of ether oxygens (including phenoxy) is 4. The molecule has 9 nitrogen and oxygen atoms in total. The van der Waals surface area contributed by atoms with Crippen molar-refractivity contribution in [3.8, 4) is 0 Å². The molecule has 0 aliphatic rings. The predicted molar refractivity (Wildman–Crippen MR) is 198 cm³/mol. The highest BCUT2D eigenvalue weighted by Gasteiger charge is 2.25. The molecule has 0 heterocycles. The summed E-state index contributed by atoms with van der Waals surface area (Å²) in [7, 11) is 5.94.